The maximum atomic E-state index is 11.1. The highest BCUT2D eigenvalue weighted by Crippen LogP contribution is 2.26. The first-order valence-electron chi connectivity index (χ1n) is 5.69. The predicted octanol–water partition coefficient (Wildman–Crippen LogP) is 2.29. The maximum Gasteiger partial charge on any atom is 0.305 e. The zero-order chi connectivity index (χ0) is 12.7. The summed E-state index contributed by atoms with van der Waals surface area (Å²) in [6.07, 6.45) is 1.90. The van der Waals surface area contributed by atoms with Crippen molar-refractivity contribution in [2.24, 2.45) is 0 Å². The number of benzene rings is 1. The minimum absolute atomic E-state index is 0.127. The smallest absolute Gasteiger partial charge is 0.305 e. The van der Waals surface area contributed by atoms with Gasteiger partial charge in [-0.3, -0.25) is 4.79 Å². The van der Waals surface area contributed by atoms with E-state index in [1.807, 2.05) is 6.07 Å². The Morgan fingerprint density at radius 2 is 2.18 bits per heavy atom. The Balaban J connectivity index is 2.44. The van der Waals surface area contributed by atoms with Gasteiger partial charge in [-0.25, -0.2) is 0 Å². The Morgan fingerprint density at radius 3 is 2.82 bits per heavy atom. The van der Waals surface area contributed by atoms with Crippen molar-refractivity contribution in [2.75, 3.05) is 13.7 Å². The first kappa shape index (κ1) is 13.4. The molecule has 0 aliphatic carbocycles. The predicted molar refractivity (Wildman–Crippen MR) is 64.2 cm³/mol. The van der Waals surface area contributed by atoms with E-state index in [1.165, 1.54) is 7.11 Å². The van der Waals surface area contributed by atoms with Crippen LogP contribution in [-0.4, -0.2) is 24.8 Å². The molecule has 94 valence electrons. The van der Waals surface area contributed by atoms with Gasteiger partial charge >= 0.3 is 5.97 Å². The number of ether oxygens (including phenoxy) is 2. The summed E-state index contributed by atoms with van der Waals surface area (Å²) >= 11 is 0. The molecule has 17 heavy (non-hydrogen) atoms. The van der Waals surface area contributed by atoms with E-state index >= 15 is 0 Å². The SMILES string of the molecule is CCOC(=O)CCCc1ccc(O)c(OC)c1. The number of phenolic OH excluding ortho intramolecular Hbond substituents is 1. The van der Waals surface area contributed by atoms with E-state index in [1.54, 1.807) is 19.1 Å². The summed E-state index contributed by atoms with van der Waals surface area (Å²) in [5, 5.41) is 9.42. The zero-order valence-electron chi connectivity index (χ0n) is 10.2. The lowest BCUT2D eigenvalue weighted by Crippen LogP contribution is -2.04. The monoisotopic (exact) mass is 238 g/mol. The third-order valence-electron chi connectivity index (χ3n) is 2.40. The Labute approximate surface area is 101 Å². The number of carbonyl (C=O) groups excluding carboxylic acids is 1. The molecule has 0 bridgehead atoms. The summed E-state index contributed by atoms with van der Waals surface area (Å²) in [6, 6.07) is 5.20. The average molecular weight is 238 g/mol. The number of methoxy groups -OCH3 is 1. The fourth-order valence-electron chi connectivity index (χ4n) is 1.55. The van der Waals surface area contributed by atoms with E-state index < -0.39 is 0 Å². The third kappa shape index (κ3) is 4.34. The lowest BCUT2D eigenvalue weighted by Gasteiger charge is -2.06. The fraction of sp³-hybridized carbons (Fsp3) is 0.462. The number of phenols is 1. The molecule has 0 amide bonds. The molecule has 0 spiro atoms. The van der Waals surface area contributed by atoms with E-state index in [-0.39, 0.29) is 11.7 Å². The second-order valence-corrected chi connectivity index (χ2v) is 3.66. The summed E-state index contributed by atoms with van der Waals surface area (Å²) in [4.78, 5) is 11.1. The van der Waals surface area contributed by atoms with Gasteiger partial charge in [0.05, 0.1) is 13.7 Å². The quantitative estimate of drug-likeness (QED) is 0.772. The Kier molecular flexibility index (Phi) is 5.33. The van der Waals surface area contributed by atoms with Crippen molar-refractivity contribution in [3.05, 3.63) is 23.8 Å². The van der Waals surface area contributed by atoms with E-state index in [0.717, 1.165) is 18.4 Å². The molecule has 4 nitrogen and oxygen atoms in total. The molecule has 0 aromatic heterocycles. The molecule has 4 heteroatoms. The number of rotatable bonds is 6. The van der Waals surface area contributed by atoms with Gasteiger partial charge < -0.3 is 14.6 Å². The van der Waals surface area contributed by atoms with E-state index in [0.29, 0.717) is 18.8 Å². The van der Waals surface area contributed by atoms with Crippen LogP contribution in [0.5, 0.6) is 11.5 Å². The molecule has 0 unspecified atom stereocenters. The minimum atomic E-state index is -0.168. The van der Waals surface area contributed by atoms with Crippen LogP contribution in [0.2, 0.25) is 0 Å². The van der Waals surface area contributed by atoms with Crippen molar-refractivity contribution in [1.29, 1.82) is 0 Å². The molecule has 1 rings (SSSR count). The highest BCUT2D eigenvalue weighted by Gasteiger charge is 2.05. The van der Waals surface area contributed by atoms with Gasteiger partial charge in [0, 0.05) is 6.42 Å². The molecule has 0 fully saturated rings. The second kappa shape index (κ2) is 6.78. The molecular weight excluding hydrogens is 220 g/mol. The summed E-state index contributed by atoms with van der Waals surface area (Å²) < 4.78 is 9.85. The number of hydrogen-bond acceptors (Lipinski definition) is 4. The molecule has 1 N–H and O–H groups in total. The molecule has 0 radical (unpaired) electrons. The van der Waals surface area contributed by atoms with Crippen LogP contribution in [0, 0.1) is 0 Å². The first-order valence-corrected chi connectivity index (χ1v) is 5.69. The van der Waals surface area contributed by atoms with Crippen molar-refractivity contribution < 1.29 is 19.4 Å². The van der Waals surface area contributed by atoms with Crippen LogP contribution in [0.1, 0.15) is 25.3 Å². The summed E-state index contributed by atoms with van der Waals surface area (Å²) in [5.41, 5.74) is 1.03. The van der Waals surface area contributed by atoms with Crippen LogP contribution in [0.15, 0.2) is 18.2 Å². The van der Waals surface area contributed by atoms with E-state index in [4.69, 9.17) is 9.47 Å². The van der Waals surface area contributed by atoms with Crippen molar-refractivity contribution in [1.82, 2.24) is 0 Å². The molecule has 0 aliphatic rings. The average Bonchev–Trinajstić information content (AvgIpc) is 2.31. The van der Waals surface area contributed by atoms with Crippen molar-refractivity contribution in [3.63, 3.8) is 0 Å². The molecule has 1 aromatic rings. The fourth-order valence-corrected chi connectivity index (χ4v) is 1.55. The van der Waals surface area contributed by atoms with Crippen LogP contribution in [0.3, 0.4) is 0 Å². The Morgan fingerprint density at radius 1 is 1.41 bits per heavy atom. The molecule has 1 aromatic carbocycles. The van der Waals surface area contributed by atoms with Gasteiger partial charge in [0.1, 0.15) is 0 Å². The number of hydrogen-bond donors (Lipinski definition) is 1. The van der Waals surface area contributed by atoms with Crippen molar-refractivity contribution >= 4 is 5.97 Å². The van der Waals surface area contributed by atoms with Crippen LogP contribution in [0.4, 0.5) is 0 Å². The minimum Gasteiger partial charge on any atom is -0.504 e. The van der Waals surface area contributed by atoms with Gasteiger partial charge in [0.15, 0.2) is 11.5 Å². The normalized spacial score (nSPS) is 10.0. The summed E-state index contributed by atoms with van der Waals surface area (Å²) in [6.45, 7) is 2.22. The van der Waals surface area contributed by atoms with Gasteiger partial charge in [-0.1, -0.05) is 6.07 Å². The van der Waals surface area contributed by atoms with Gasteiger partial charge in [-0.2, -0.15) is 0 Å². The summed E-state index contributed by atoms with van der Waals surface area (Å²) in [5.74, 6) is 0.415. The standard InChI is InChI=1S/C13H18O4/c1-3-17-13(15)6-4-5-10-7-8-11(14)12(9-10)16-2/h7-9,14H,3-6H2,1-2H3. The third-order valence-corrected chi connectivity index (χ3v) is 2.40. The zero-order valence-corrected chi connectivity index (χ0v) is 10.2. The molecular formula is C13H18O4. The second-order valence-electron chi connectivity index (χ2n) is 3.66. The number of aryl methyl sites for hydroxylation is 1. The van der Waals surface area contributed by atoms with Gasteiger partial charge in [-0.05, 0) is 37.5 Å². The number of aromatic hydroxyl groups is 1. The van der Waals surface area contributed by atoms with E-state index in [9.17, 15) is 9.90 Å². The van der Waals surface area contributed by atoms with Crippen LogP contribution < -0.4 is 4.74 Å². The molecule has 0 heterocycles. The summed E-state index contributed by atoms with van der Waals surface area (Å²) in [7, 11) is 1.51. The molecule has 0 aliphatic heterocycles. The van der Waals surface area contributed by atoms with Gasteiger partial charge in [0.2, 0.25) is 0 Å². The van der Waals surface area contributed by atoms with Gasteiger partial charge in [-0.15, -0.1) is 0 Å². The van der Waals surface area contributed by atoms with E-state index in [2.05, 4.69) is 0 Å². The van der Waals surface area contributed by atoms with Crippen LogP contribution >= 0.6 is 0 Å². The maximum absolute atomic E-state index is 11.1. The van der Waals surface area contributed by atoms with Crippen molar-refractivity contribution in [3.8, 4) is 11.5 Å². The van der Waals surface area contributed by atoms with Crippen LogP contribution in [0.25, 0.3) is 0 Å². The molecule has 0 atom stereocenters. The highest BCUT2D eigenvalue weighted by molar-refractivity contribution is 5.69. The molecule has 0 saturated carbocycles. The number of esters is 1. The lowest BCUT2D eigenvalue weighted by molar-refractivity contribution is -0.143. The van der Waals surface area contributed by atoms with Crippen molar-refractivity contribution in [2.45, 2.75) is 26.2 Å². The first-order chi connectivity index (χ1) is 8.17. The van der Waals surface area contributed by atoms with Gasteiger partial charge in [0.25, 0.3) is 0 Å². The topological polar surface area (TPSA) is 55.8 Å². The number of carbonyl (C=O) groups is 1. The Hall–Kier alpha value is -1.71. The Bertz CT molecular complexity index is 374. The lowest BCUT2D eigenvalue weighted by atomic mass is 10.1. The largest absolute Gasteiger partial charge is 0.504 e. The molecule has 0 saturated heterocycles. The van der Waals surface area contributed by atoms with Crippen LogP contribution in [-0.2, 0) is 16.0 Å². The highest BCUT2D eigenvalue weighted by atomic mass is 16.5.